The van der Waals surface area contributed by atoms with Crippen molar-refractivity contribution in [2.75, 3.05) is 6.61 Å². The van der Waals surface area contributed by atoms with Gasteiger partial charge in [-0.1, -0.05) is 12.8 Å². The normalized spacial score (nSPS) is 18.2. The highest BCUT2D eigenvalue weighted by Gasteiger charge is 2.38. The van der Waals surface area contributed by atoms with Crippen LogP contribution in [0.2, 0.25) is 0 Å². The zero-order chi connectivity index (χ0) is 14.7. The third-order valence-electron chi connectivity index (χ3n) is 4.29. The Balaban J connectivity index is 1.57. The maximum absolute atomic E-state index is 12.5. The van der Waals surface area contributed by atoms with Gasteiger partial charge in [-0.25, -0.2) is 0 Å². The van der Waals surface area contributed by atoms with Crippen LogP contribution in [0, 0.1) is 11.3 Å². The molecule has 0 aromatic heterocycles. The molecule has 4 heteroatoms. The van der Waals surface area contributed by atoms with Gasteiger partial charge >= 0.3 is 0 Å². The van der Waals surface area contributed by atoms with Crippen LogP contribution in [0.25, 0.3) is 0 Å². The number of nitriles is 1. The lowest BCUT2D eigenvalue weighted by Crippen LogP contribution is -2.43. The van der Waals surface area contributed by atoms with E-state index < -0.39 is 0 Å². The van der Waals surface area contributed by atoms with Crippen LogP contribution in [-0.4, -0.2) is 29.5 Å². The molecule has 1 aromatic rings. The van der Waals surface area contributed by atoms with Gasteiger partial charge in [0.05, 0.1) is 11.6 Å². The molecule has 4 nitrogen and oxygen atoms in total. The molecule has 0 N–H and O–H groups in total. The number of carbonyl (C=O) groups is 1. The molecule has 0 atom stereocenters. The molecule has 2 aliphatic rings. The molecule has 2 fully saturated rings. The standard InChI is InChI=1S/C17H20N2O2/c18-11-13-5-9-16(10-6-13)21-12-17(20)19(15-7-8-15)14-3-1-2-4-14/h5-6,9-10,14-15H,1-4,7-8,12H2. The second kappa shape index (κ2) is 6.17. The lowest BCUT2D eigenvalue weighted by molar-refractivity contribution is -0.136. The summed E-state index contributed by atoms with van der Waals surface area (Å²) >= 11 is 0. The Morgan fingerprint density at radius 1 is 1.14 bits per heavy atom. The molecular weight excluding hydrogens is 264 g/mol. The summed E-state index contributed by atoms with van der Waals surface area (Å²) in [4.78, 5) is 14.5. The highest BCUT2D eigenvalue weighted by atomic mass is 16.5. The van der Waals surface area contributed by atoms with E-state index in [1.807, 2.05) is 0 Å². The zero-order valence-corrected chi connectivity index (χ0v) is 12.1. The van der Waals surface area contributed by atoms with Crippen molar-refractivity contribution in [1.82, 2.24) is 4.90 Å². The van der Waals surface area contributed by atoms with Crippen LogP contribution in [0.3, 0.4) is 0 Å². The van der Waals surface area contributed by atoms with Crippen LogP contribution < -0.4 is 4.74 Å². The number of ether oxygens (including phenoxy) is 1. The van der Waals surface area contributed by atoms with Gasteiger partial charge in [0.1, 0.15) is 5.75 Å². The molecule has 21 heavy (non-hydrogen) atoms. The molecule has 3 rings (SSSR count). The smallest absolute Gasteiger partial charge is 0.261 e. The summed E-state index contributed by atoms with van der Waals surface area (Å²) in [7, 11) is 0. The van der Waals surface area contributed by atoms with Crippen LogP contribution in [0.5, 0.6) is 5.75 Å². The number of carbonyl (C=O) groups excluding carboxylic acids is 1. The number of rotatable bonds is 5. The fourth-order valence-corrected chi connectivity index (χ4v) is 3.09. The first kappa shape index (κ1) is 13.9. The Bertz CT molecular complexity index is 537. The van der Waals surface area contributed by atoms with Gasteiger partial charge in [0.2, 0.25) is 0 Å². The van der Waals surface area contributed by atoms with Gasteiger partial charge in [-0.2, -0.15) is 5.26 Å². The molecule has 0 unspecified atom stereocenters. The van der Waals surface area contributed by atoms with Crippen molar-refractivity contribution in [2.45, 2.75) is 50.6 Å². The van der Waals surface area contributed by atoms with E-state index in [9.17, 15) is 4.79 Å². The molecule has 0 saturated heterocycles. The number of hydrogen-bond donors (Lipinski definition) is 0. The summed E-state index contributed by atoms with van der Waals surface area (Å²) in [6.07, 6.45) is 7.02. The van der Waals surface area contributed by atoms with Crippen molar-refractivity contribution in [3.05, 3.63) is 29.8 Å². The van der Waals surface area contributed by atoms with Crippen LogP contribution in [0.15, 0.2) is 24.3 Å². The minimum absolute atomic E-state index is 0.0961. The monoisotopic (exact) mass is 284 g/mol. The lowest BCUT2D eigenvalue weighted by atomic mass is 10.2. The molecule has 0 spiro atoms. The molecular formula is C17H20N2O2. The van der Waals surface area contributed by atoms with Crippen molar-refractivity contribution >= 4 is 5.91 Å². The Hall–Kier alpha value is -2.02. The topological polar surface area (TPSA) is 53.3 Å². The fraction of sp³-hybridized carbons (Fsp3) is 0.529. The molecule has 2 saturated carbocycles. The quantitative estimate of drug-likeness (QED) is 0.835. The van der Waals surface area contributed by atoms with Gasteiger partial charge in [0.25, 0.3) is 5.91 Å². The second-order valence-corrected chi connectivity index (χ2v) is 5.90. The SMILES string of the molecule is N#Cc1ccc(OCC(=O)N(C2CCCC2)C2CC2)cc1. The Morgan fingerprint density at radius 2 is 1.76 bits per heavy atom. The highest BCUT2D eigenvalue weighted by molar-refractivity contribution is 5.78. The Kier molecular flexibility index (Phi) is 4.10. The van der Waals surface area contributed by atoms with Gasteiger partial charge in [0, 0.05) is 12.1 Å². The Labute approximate surface area is 125 Å². The number of benzene rings is 1. The van der Waals surface area contributed by atoms with Gasteiger partial charge in [-0.15, -0.1) is 0 Å². The molecule has 0 aliphatic heterocycles. The van der Waals surface area contributed by atoms with Crippen molar-refractivity contribution in [2.24, 2.45) is 0 Å². The average Bonchev–Trinajstić information content (AvgIpc) is 3.20. The highest BCUT2D eigenvalue weighted by Crippen LogP contribution is 2.34. The first-order valence-corrected chi connectivity index (χ1v) is 7.72. The summed E-state index contributed by atoms with van der Waals surface area (Å²) in [6.45, 7) is 0.0961. The average molecular weight is 284 g/mol. The first-order chi connectivity index (χ1) is 10.3. The summed E-state index contributed by atoms with van der Waals surface area (Å²) in [5, 5.41) is 8.76. The molecule has 0 bridgehead atoms. The van der Waals surface area contributed by atoms with Crippen molar-refractivity contribution in [3.63, 3.8) is 0 Å². The van der Waals surface area contributed by atoms with Crippen LogP contribution >= 0.6 is 0 Å². The number of amides is 1. The van der Waals surface area contributed by atoms with E-state index in [2.05, 4.69) is 11.0 Å². The third kappa shape index (κ3) is 3.36. The Morgan fingerprint density at radius 3 is 2.33 bits per heavy atom. The van der Waals surface area contributed by atoms with Gasteiger partial charge in [-0.3, -0.25) is 4.79 Å². The predicted molar refractivity (Wildman–Crippen MR) is 78.8 cm³/mol. The van der Waals surface area contributed by atoms with Gasteiger partial charge < -0.3 is 9.64 Å². The van der Waals surface area contributed by atoms with E-state index >= 15 is 0 Å². The van der Waals surface area contributed by atoms with E-state index in [0.29, 0.717) is 23.4 Å². The van der Waals surface area contributed by atoms with Crippen molar-refractivity contribution < 1.29 is 9.53 Å². The van der Waals surface area contributed by atoms with Crippen LogP contribution in [0.1, 0.15) is 44.1 Å². The lowest BCUT2D eigenvalue weighted by Gasteiger charge is -2.29. The van der Waals surface area contributed by atoms with Crippen LogP contribution in [0.4, 0.5) is 0 Å². The van der Waals surface area contributed by atoms with Crippen LogP contribution in [-0.2, 0) is 4.79 Å². The summed E-state index contributed by atoms with van der Waals surface area (Å²) in [6, 6.07) is 9.83. The van der Waals surface area contributed by atoms with Crippen molar-refractivity contribution in [3.8, 4) is 11.8 Å². The van der Waals surface area contributed by atoms with E-state index in [0.717, 1.165) is 25.7 Å². The minimum atomic E-state index is 0.0961. The fourth-order valence-electron chi connectivity index (χ4n) is 3.09. The molecule has 1 aromatic carbocycles. The van der Waals surface area contributed by atoms with E-state index in [1.165, 1.54) is 12.8 Å². The molecule has 1 amide bonds. The maximum atomic E-state index is 12.5. The third-order valence-corrected chi connectivity index (χ3v) is 4.29. The van der Waals surface area contributed by atoms with Gasteiger partial charge in [-0.05, 0) is 49.9 Å². The van der Waals surface area contributed by atoms with E-state index in [1.54, 1.807) is 24.3 Å². The van der Waals surface area contributed by atoms with E-state index in [4.69, 9.17) is 10.00 Å². The first-order valence-electron chi connectivity index (χ1n) is 7.72. The molecule has 2 aliphatic carbocycles. The molecule has 0 heterocycles. The van der Waals surface area contributed by atoms with Gasteiger partial charge in [0.15, 0.2) is 6.61 Å². The summed E-state index contributed by atoms with van der Waals surface area (Å²) in [5.41, 5.74) is 0.597. The molecule has 0 radical (unpaired) electrons. The molecule has 110 valence electrons. The van der Waals surface area contributed by atoms with Crippen molar-refractivity contribution in [1.29, 1.82) is 5.26 Å². The maximum Gasteiger partial charge on any atom is 0.261 e. The summed E-state index contributed by atoms with van der Waals surface area (Å²) < 4.78 is 5.59. The predicted octanol–water partition coefficient (Wildman–Crippen LogP) is 2.87. The number of nitrogens with zero attached hydrogens (tertiary/aromatic N) is 2. The minimum Gasteiger partial charge on any atom is -0.484 e. The largest absolute Gasteiger partial charge is 0.484 e. The number of hydrogen-bond acceptors (Lipinski definition) is 3. The van der Waals surface area contributed by atoms with E-state index in [-0.39, 0.29) is 12.5 Å². The second-order valence-electron chi connectivity index (χ2n) is 5.90. The zero-order valence-electron chi connectivity index (χ0n) is 12.1. The summed E-state index contributed by atoms with van der Waals surface area (Å²) in [5.74, 6) is 0.748.